The smallest absolute Gasteiger partial charge is 0.231 e. The number of anilines is 1. The van der Waals surface area contributed by atoms with Crippen molar-refractivity contribution in [1.82, 2.24) is 9.97 Å². The molecule has 2 aromatic rings. The van der Waals surface area contributed by atoms with Crippen LogP contribution in [0.25, 0.3) is 0 Å². The van der Waals surface area contributed by atoms with Crippen molar-refractivity contribution in [3.8, 4) is 0 Å². The van der Waals surface area contributed by atoms with Crippen molar-refractivity contribution in [1.29, 1.82) is 0 Å². The highest BCUT2D eigenvalue weighted by atomic mass is 35.5. The molecule has 0 aliphatic carbocycles. The van der Waals surface area contributed by atoms with Gasteiger partial charge in [0.1, 0.15) is 5.01 Å². The zero-order chi connectivity index (χ0) is 13.0. The number of thiazole rings is 1. The lowest BCUT2D eigenvalue weighted by atomic mass is 10.3. The van der Waals surface area contributed by atoms with E-state index in [2.05, 4.69) is 15.3 Å². The average molecular weight is 282 g/mol. The molecule has 2 rings (SSSR count). The first-order chi connectivity index (χ1) is 8.67. The molecule has 0 aliphatic heterocycles. The number of rotatable bonds is 4. The highest BCUT2D eigenvalue weighted by Gasteiger charge is 2.08. The van der Waals surface area contributed by atoms with Crippen LogP contribution in [0, 0.1) is 6.92 Å². The van der Waals surface area contributed by atoms with Gasteiger partial charge >= 0.3 is 0 Å². The minimum atomic E-state index is -0.101. The SMILES string of the molecule is Cc1ccc(NC(=O)Cc2nc(CCl)cs2)cn1. The Hall–Kier alpha value is -1.46. The lowest BCUT2D eigenvalue weighted by Crippen LogP contribution is -2.14. The first-order valence-corrected chi connectivity index (χ1v) is 6.80. The molecular formula is C12H12ClN3OS. The largest absolute Gasteiger partial charge is 0.324 e. The molecule has 18 heavy (non-hydrogen) atoms. The first-order valence-electron chi connectivity index (χ1n) is 5.39. The van der Waals surface area contributed by atoms with Gasteiger partial charge in [0, 0.05) is 11.1 Å². The van der Waals surface area contributed by atoms with E-state index in [0.29, 0.717) is 11.6 Å². The maximum atomic E-state index is 11.8. The molecule has 0 radical (unpaired) electrons. The lowest BCUT2D eigenvalue weighted by Gasteiger charge is -2.03. The van der Waals surface area contributed by atoms with Crippen molar-refractivity contribution in [2.45, 2.75) is 19.2 Å². The highest BCUT2D eigenvalue weighted by molar-refractivity contribution is 7.09. The van der Waals surface area contributed by atoms with Gasteiger partial charge in [0.05, 0.1) is 29.9 Å². The molecule has 0 fully saturated rings. The van der Waals surface area contributed by atoms with E-state index < -0.39 is 0 Å². The Morgan fingerprint density at radius 1 is 1.50 bits per heavy atom. The first kappa shape index (κ1) is 13.0. The molecule has 0 unspecified atom stereocenters. The monoisotopic (exact) mass is 281 g/mol. The molecule has 0 aliphatic rings. The van der Waals surface area contributed by atoms with Crippen LogP contribution in [0.4, 0.5) is 5.69 Å². The fourth-order valence-corrected chi connectivity index (χ4v) is 2.40. The van der Waals surface area contributed by atoms with Crippen molar-refractivity contribution in [3.05, 3.63) is 40.1 Å². The van der Waals surface area contributed by atoms with Crippen molar-refractivity contribution in [2.75, 3.05) is 5.32 Å². The Kier molecular flexibility index (Phi) is 4.28. The maximum Gasteiger partial charge on any atom is 0.231 e. The Labute approximate surface area is 114 Å². The van der Waals surface area contributed by atoms with Crippen LogP contribution in [0.15, 0.2) is 23.7 Å². The van der Waals surface area contributed by atoms with Crippen LogP contribution in [-0.2, 0) is 17.1 Å². The van der Waals surface area contributed by atoms with Gasteiger partial charge in [-0.1, -0.05) is 0 Å². The number of aryl methyl sites for hydroxylation is 1. The number of halogens is 1. The molecule has 2 heterocycles. The number of carbonyl (C=O) groups is 1. The van der Waals surface area contributed by atoms with Crippen molar-refractivity contribution >= 4 is 34.5 Å². The molecule has 0 saturated heterocycles. The van der Waals surface area contributed by atoms with Crippen LogP contribution < -0.4 is 5.32 Å². The molecule has 0 atom stereocenters. The maximum absolute atomic E-state index is 11.8. The summed E-state index contributed by atoms with van der Waals surface area (Å²) in [5.74, 6) is 0.274. The third-order valence-electron chi connectivity index (χ3n) is 2.24. The highest BCUT2D eigenvalue weighted by Crippen LogP contribution is 2.13. The molecule has 6 heteroatoms. The number of carbonyl (C=O) groups excluding carboxylic acids is 1. The number of pyridine rings is 1. The van der Waals surface area contributed by atoms with Crippen LogP contribution >= 0.6 is 22.9 Å². The molecule has 0 aromatic carbocycles. The standard InChI is InChI=1S/C12H12ClN3OS/c1-8-2-3-9(6-14-8)15-11(17)4-12-16-10(5-13)7-18-12/h2-3,6-7H,4-5H2,1H3,(H,15,17). The van der Waals surface area contributed by atoms with E-state index in [1.807, 2.05) is 24.4 Å². The molecule has 0 saturated carbocycles. The predicted octanol–water partition coefficient (Wildman–Crippen LogP) is 2.77. The molecule has 4 nitrogen and oxygen atoms in total. The van der Waals surface area contributed by atoms with Gasteiger partial charge in [-0.3, -0.25) is 9.78 Å². The normalized spacial score (nSPS) is 10.3. The summed E-state index contributed by atoms with van der Waals surface area (Å²) in [6, 6.07) is 3.68. The predicted molar refractivity (Wildman–Crippen MR) is 73.0 cm³/mol. The van der Waals surface area contributed by atoms with Gasteiger partial charge in [-0.15, -0.1) is 22.9 Å². The molecule has 0 bridgehead atoms. The lowest BCUT2D eigenvalue weighted by molar-refractivity contribution is -0.115. The summed E-state index contributed by atoms with van der Waals surface area (Å²) in [6.45, 7) is 1.90. The number of aromatic nitrogens is 2. The Balaban J connectivity index is 1.94. The Morgan fingerprint density at radius 3 is 2.94 bits per heavy atom. The van der Waals surface area contributed by atoms with Gasteiger partial charge in [0.25, 0.3) is 0 Å². The van der Waals surface area contributed by atoms with E-state index in [4.69, 9.17) is 11.6 Å². The van der Waals surface area contributed by atoms with E-state index in [9.17, 15) is 4.79 Å². The molecule has 0 spiro atoms. The van der Waals surface area contributed by atoms with Gasteiger partial charge in [0.2, 0.25) is 5.91 Å². The fourth-order valence-electron chi connectivity index (χ4n) is 1.38. The van der Waals surface area contributed by atoms with Gasteiger partial charge in [-0.05, 0) is 19.1 Å². The molecular weight excluding hydrogens is 270 g/mol. The number of alkyl halides is 1. The topological polar surface area (TPSA) is 54.9 Å². The Morgan fingerprint density at radius 2 is 2.33 bits per heavy atom. The van der Waals surface area contributed by atoms with Gasteiger partial charge in [-0.25, -0.2) is 4.98 Å². The van der Waals surface area contributed by atoms with Crippen molar-refractivity contribution in [2.24, 2.45) is 0 Å². The van der Waals surface area contributed by atoms with E-state index in [1.165, 1.54) is 11.3 Å². The van der Waals surface area contributed by atoms with Gasteiger partial charge in [0.15, 0.2) is 0 Å². The second kappa shape index (κ2) is 5.93. The molecule has 1 N–H and O–H groups in total. The summed E-state index contributed by atoms with van der Waals surface area (Å²) in [7, 11) is 0. The number of hydrogen-bond donors (Lipinski definition) is 1. The summed E-state index contributed by atoms with van der Waals surface area (Å²) in [5, 5.41) is 5.41. The van der Waals surface area contributed by atoms with Crippen LogP contribution in [-0.4, -0.2) is 15.9 Å². The van der Waals surface area contributed by atoms with Gasteiger partial charge in [-0.2, -0.15) is 0 Å². The third-order valence-corrected chi connectivity index (χ3v) is 3.41. The zero-order valence-corrected chi connectivity index (χ0v) is 11.4. The van der Waals surface area contributed by atoms with Crippen LogP contribution in [0.1, 0.15) is 16.4 Å². The van der Waals surface area contributed by atoms with E-state index >= 15 is 0 Å². The minimum absolute atomic E-state index is 0.101. The molecule has 2 aromatic heterocycles. The van der Waals surface area contributed by atoms with Crippen LogP contribution in [0.5, 0.6) is 0 Å². The van der Waals surface area contributed by atoms with Gasteiger partial charge < -0.3 is 5.32 Å². The summed E-state index contributed by atoms with van der Waals surface area (Å²) < 4.78 is 0. The van der Waals surface area contributed by atoms with E-state index in [-0.39, 0.29) is 12.3 Å². The number of nitrogens with one attached hydrogen (secondary N) is 1. The summed E-state index contributed by atoms with van der Waals surface area (Å²) >= 11 is 7.10. The average Bonchev–Trinajstić information content (AvgIpc) is 2.79. The van der Waals surface area contributed by atoms with Crippen molar-refractivity contribution in [3.63, 3.8) is 0 Å². The second-order valence-electron chi connectivity index (χ2n) is 3.78. The number of nitrogens with zero attached hydrogens (tertiary/aromatic N) is 2. The summed E-state index contributed by atoms with van der Waals surface area (Å²) in [5.41, 5.74) is 2.42. The molecule has 1 amide bonds. The summed E-state index contributed by atoms with van der Waals surface area (Å²) in [4.78, 5) is 20.1. The molecule has 94 valence electrons. The van der Waals surface area contributed by atoms with Crippen LogP contribution in [0.2, 0.25) is 0 Å². The zero-order valence-electron chi connectivity index (χ0n) is 9.81. The second-order valence-corrected chi connectivity index (χ2v) is 4.99. The Bertz CT molecular complexity index is 539. The summed E-state index contributed by atoms with van der Waals surface area (Å²) in [6.07, 6.45) is 1.90. The van der Waals surface area contributed by atoms with Crippen molar-refractivity contribution < 1.29 is 4.79 Å². The third kappa shape index (κ3) is 3.51. The fraction of sp³-hybridized carbons (Fsp3) is 0.250. The van der Waals surface area contributed by atoms with E-state index in [1.54, 1.807) is 6.20 Å². The van der Waals surface area contributed by atoms with Crippen LogP contribution in [0.3, 0.4) is 0 Å². The number of amides is 1. The number of hydrogen-bond acceptors (Lipinski definition) is 4. The van der Waals surface area contributed by atoms with E-state index in [0.717, 1.165) is 16.4 Å². The quantitative estimate of drug-likeness (QED) is 0.877. The minimum Gasteiger partial charge on any atom is -0.324 e.